The van der Waals surface area contributed by atoms with Crippen molar-refractivity contribution in [2.45, 2.75) is 31.5 Å². The highest BCUT2D eigenvalue weighted by molar-refractivity contribution is 7.91. The Morgan fingerprint density at radius 2 is 2.24 bits per heavy atom. The van der Waals surface area contributed by atoms with E-state index in [2.05, 4.69) is 10.3 Å². The van der Waals surface area contributed by atoms with Crippen LogP contribution in [0, 0.1) is 0 Å². The van der Waals surface area contributed by atoms with E-state index in [9.17, 15) is 13.5 Å². The number of sulfone groups is 1. The Morgan fingerprint density at radius 1 is 1.53 bits per heavy atom. The van der Waals surface area contributed by atoms with E-state index in [0.717, 1.165) is 5.01 Å². The molecule has 0 saturated carbocycles. The van der Waals surface area contributed by atoms with Gasteiger partial charge in [-0.1, -0.05) is 0 Å². The molecule has 96 valence electrons. The van der Waals surface area contributed by atoms with E-state index in [1.54, 1.807) is 6.20 Å². The predicted molar refractivity (Wildman–Crippen MR) is 66.7 cm³/mol. The van der Waals surface area contributed by atoms with Gasteiger partial charge in [-0.25, -0.2) is 13.4 Å². The summed E-state index contributed by atoms with van der Waals surface area (Å²) in [5.41, 5.74) is -0.431. The minimum absolute atomic E-state index is 0.0109. The monoisotopic (exact) mass is 276 g/mol. The highest BCUT2D eigenvalue weighted by atomic mass is 32.2. The molecule has 1 aliphatic heterocycles. The van der Waals surface area contributed by atoms with Gasteiger partial charge < -0.3 is 5.11 Å². The average molecular weight is 276 g/mol. The quantitative estimate of drug-likeness (QED) is 0.820. The molecule has 1 saturated heterocycles. The van der Waals surface area contributed by atoms with Crippen molar-refractivity contribution < 1.29 is 13.5 Å². The first-order valence-corrected chi connectivity index (χ1v) is 8.06. The van der Waals surface area contributed by atoms with Gasteiger partial charge in [0.1, 0.15) is 5.01 Å². The van der Waals surface area contributed by atoms with Crippen molar-refractivity contribution in [2.24, 2.45) is 0 Å². The van der Waals surface area contributed by atoms with Crippen LogP contribution in [-0.4, -0.2) is 42.2 Å². The lowest BCUT2D eigenvalue weighted by Gasteiger charge is -2.29. The highest BCUT2D eigenvalue weighted by Gasteiger charge is 2.39. The summed E-state index contributed by atoms with van der Waals surface area (Å²) in [6, 6.07) is -0.418. The fourth-order valence-electron chi connectivity index (χ4n) is 2.02. The summed E-state index contributed by atoms with van der Waals surface area (Å²) in [7, 11) is -3.12. The van der Waals surface area contributed by atoms with Gasteiger partial charge in [0.2, 0.25) is 0 Å². The van der Waals surface area contributed by atoms with Crippen LogP contribution in [0.15, 0.2) is 11.6 Å². The second-order valence-electron chi connectivity index (χ2n) is 4.86. The molecular formula is C10H16N2O3S2. The summed E-state index contributed by atoms with van der Waals surface area (Å²) in [6.45, 7) is 3.87. The normalized spacial score (nSPS) is 28.4. The highest BCUT2D eigenvalue weighted by Crippen LogP contribution is 2.25. The Kier molecular flexibility index (Phi) is 3.28. The fourth-order valence-corrected chi connectivity index (χ4v) is 4.49. The predicted octanol–water partition coefficient (Wildman–Crippen LogP) is 0.126. The van der Waals surface area contributed by atoms with Crippen molar-refractivity contribution in [1.29, 1.82) is 0 Å². The zero-order valence-corrected chi connectivity index (χ0v) is 11.4. The molecule has 0 spiro atoms. The van der Waals surface area contributed by atoms with Gasteiger partial charge in [0.15, 0.2) is 9.84 Å². The van der Waals surface area contributed by atoms with Gasteiger partial charge in [-0.2, -0.15) is 0 Å². The molecule has 2 N–H and O–H groups in total. The van der Waals surface area contributed by atoms with E-state index in [1.165, 1.54) is 11.3 Å². The number of rotatable bonds is 3. The second kappa shape index (κ2) is 4.31. The number of thiazole rings is 1. The summed E-state index contributed by atoms with van der Waals surface area (Å²) < 4.78 is 22.8. The van der Waals surface area contributed by atoms with Gasteiger partial charge in [-0.15, -0.1) is 11.3 Å². The Bertz CT molecular complexity index is 482. The lowest BCUT2D eigenvalue weighted by molar-refractivity contribution is 0.147. The third-order valence-corrected chi connectivity index (χ3v) is 5.65. The molecule has 5 nitrogen and oxygen atoms in total. The summed E-state index contributed by atoms with van der Waals surface area (Å²) in [4.78, 5) is 4.22. The van der Waals surface area contributed by atoms with E-state index < -0.39 is 27.5 Å². The molecule has 2 rings (SSSR count). The number of hydrogen-bond donors (Lipinski definition) is 2. The fraction of sp³-hybridized carbons (Fsp3) is 0.700. The van der Waals surface area contributed by atoms with Crippen LogP contribution in [0.25, 0.3) is 0 Å². The van der Waals surface area contributed by atoms with Crippen molar-refractivity contribution in [3.63, 3.8) is 0 Å². The zero-order chi connectivity index (χ0) is 12.7. The molecule has 2 heterocycles. The maximum Gasteiger partial charge on any atom is 0.154 e. The van der Waals surface area contributed by atoms with Crippen molar-refractivity contribution >= 4 is 21.2 Å². The molecule has 1 aromatic heterocycles. The van der Waals surface area contributed by atoms with E-state index in [1.807, 2.05) is 19.2 Å². The topological polar surface area (TPSA) is 79.3 Å². The SMILES string of the molecule is CC(C)(NC1CS(=O)(=O)CC1O)c1nccs1. The number of aliphatic hydroxyl groups excluding tert-OH is 1. The molecule has 0 amide bonds. The van der Waals surface area contributed by atoms with Gasteiger partial charge >= 0.3 is 0 Å². The lowest BCUT2D eigenvalue weighted by atomic mass is 10.0. The molecular weight excluding hydrogens is 260 g/mol. The number of nitrogens with one attached hydrogen (secondary N) is 1. The average Bonchev–Trinajstić information content (AvgIpc) is 2.74. The van der Waals surface area contributed by atoms with Crippen molar-refractivity contribution in [1.82, 2.24) is 10.3 Å². The van der Waals surface area contributed by atoms with Crippen molar-refractivity contribution in [2.75, 3.05) is 11.5 Å². The van der Waals surface area contributed by atoms with Gasteiger partial charge in [0.25, 0.3) is 0 Å². The van der Waals surface area contributed by atoms with Crippen LogP contribution in [0.1, 0.15) is 18.9 Å². The van der Waals surface area contributed by atoms with Crippen molar-refractivity contribution in [3.8, 4) is 0 Å². The zero-order valence-electron chi connectivity index (χ0n) is 9.75. The van der Waals surface area contributed by atoms with E-state index in [0.29, 0.717) is 0 Å². The van der Waals surface area contributed by atoms with Gasteiger partial charge in [0, 0.05) is 17.6 Å². The Hall–Kier alpha value is -0.500. The van der Waals surface area contributed by atoms with Crippen molar-refractivity contribution in [3.05, 3.63) is 16.6 Å². The van der Waals surface area contributed by atoms with Crippen LogP contribution in [0.3, 0.4) is 0 Å². The first-order valence-electron chi connectivity index (χ1n) is 5.36. The van der Waals surface area contributed by atoms with E-state index in [-0.39, 0.29) is 11.5 Å². The molecule has 0 bridgehead atoms. The maximum absolute atomic E-state index is 11.4. The smallest absolute Gasteiger partial charge is 0.154 e. The number of aromatic nitrogens is 1. The molecule has 1 aliphatic rings. The molecule has 2 atom stereocenters. The molecule has 0 aliphatic carbocycles. The van der Waals surface area contributed by atoms with E-state index >= 15 is 0 Å². The van der Waals surface area contributed by atoms with Gasteiger partial charge in [0.05, 0.1) is 23.1 Å². The van der Waals surface area contributed by atoms with Gasteiger partial charge in [-0.3, -0.25) is 5.32 Å². The summed E-state index contributed by atoms with van der Waals surface area (Å²) in [5.74, 6) is -0.165. The minimum atomic E-state index is -3.12. The third-order valence-electron chi connectivity index (χ3n) is 2.84. The number of aliphatic hydroxyl groups is 1. The first kappa shape index (κ1) is 12.9. The molecule has 1 aromatic rings. The van der Waals surface area contributed by atoms with E-state index in [4.69, 9.17) is 0 Å². The van der Waals surface area contributed by atoms with Crippen LogP contribution >= 0.6 is 11.3 Å². The Morgan fingerprint density at radius 3 is 2.71 bits per heavy atom. The molecule has 0 aromatic carbocycles. The Labute approximate surface area is 105 Å². The minimum Gasteiger partial charge on any atom is -0.390 e. The lowest BCUT2D eigenvalue weighted by Crippen LogP contribution is -2.49. The second-order valence-corrected chi connectivity index (χ2v) is 7.91. The first-order chi connectivity index (χ1) is 7.80. The van der Waals surface area contributed by atoms with Gasteiger partial charge in [-0.05, 0) is 13.8 Å². The van der Waals surface area contributed by atoms with Crippen LogP contribution in [-0.2, 0) is 15.4 Å². The van der Waals surface area contributed by atoms with Crippen LogP contribution in [0.2, 0.25) is 0 Å². The molecule has 1 fully saturated rings. The standard InChI is InChI=1S/C10H16N2O3S2/c1-10(2,9-11-3-4-16-9)12-7-5-17(14,15)6-8(7)13/h3-4,7-8,12-13H,5-6H2,1-2H3. The Balaban J connectivity index is 2.12. The third kappa shape index (κ3) is 2.85. The number of nitrogens with zero attached hydrogens (tertiary/aromatic N) is 1. The molecule has 17 heavy (non-hydrogen) atoms. The molecule has 0 radical (unpaired) electrons. The summed E-state index contributed by atoms with van der Waals surface area (Å²) in [6.07, 6.45) is 0.880. The number of hydrogen-bond acceptors (Lipinski definition) is 6. The van der Waals surface area contributed by atoms with Crippen LogP contribution in [0.5, 0.6) is 0 Å². The van der Waals surface area contributed by atoms with Crippen LogP contribution < -0.4 is 5.32 Å². The summed E-state index contributed by atoms with van der Waals surface area (Å²) in [5, 5.41) is 15.7. The maximum atomic E-state index is 11.4. The summed E-state index contributed by atoms with van der Waals surface area (Å²) >= 11 is 1.51. The molecule has 2 unspecified atom stereocenters. The van der Waals surface area contributed by atoms with Crippen LogP contribution in [0.4, 0.5) is 0 Å². The largest absolute Gasteiger partial charge is 0.390 e. The molecule has 7 heteroatoms.